The summed E-state index contributed by atoms with van der Waals surface area (Å²) in [6.07, 6.45) is 4.61. The summed E-state index contributed by atoms with van der Waals surface area (Å²) in [4.78, 5) is 30.5. The molecule has 1 aliphatic heterocycles. The Morgan fingerprint density at radius 3 is 2.95 bits per heavy atom. The maximum absolute atomic E-state index is 12.3. The number of carbonyl (C=O) groups is 2. The van der Waals surface area contributed by atoms with E-state index in [9.17, 15) is 9.59 Å². The fraction of sp³-hybridized carbons (Fsp3) is 0.615. The molecule has 1 amide bonds. The Morgan fingerprint density at radius 2 is 2.30 bits per heavy atom. The molecule has 1 unspecified atom stereocenters. The van der Waals surface area contributed by atoms with Crippen LogP contribution in [0.3, 0.4) is 0 Å². The molecule has 0 spiro atoms. The minimum atomic E-state index is -0.865. The van der Waals surface area contributed by atoms with Gasteiger partial charge in [0.2, 0.25) is 5.91 Å². The number of nitrogens with zero attached hydrogens (tertiary/aromatic N) is 1. The molecule has 7 heteroatoms. The van der Waals surface area contributed by atoms with E-state index in [4.69, 9.17) is 5.11 Å². The van der Waals surface area contributed by atoms with Crippen LogP contribution in [0.15, 0.2) is 6.33 Å². The third kappa shape index (κ3) is 2.40. The molecule has 0 aromatic carbocycles. The van der Waals surface area contributed by atoms with Crippen LogP contribution in [0, 0.1) is 0 Å². The molecule has 2 aliphatic rings. The number of rotatable bonds is 4. The van der Waals surface area contributed by atoms with Gasteiger partial charge in [-0.1, -0.05) is 0 Å². The van der Waals surface area contributed by atoms with Crippen molar-refractivity contribution in [3.05, 3.63) is 17.7 Å². The number of carbonyl (C=O) groups excluding carboxylic acids is 1. The summed E-state index contributed by atoms with van der Waals surface area (Å²) >= 11 is 0. The zero-order valence-corrected chi connectivity index (χ0v) is 11.1. The Hall–Kier alpha value is -1.89. The van der Waals surface area contributed by atoms with Crippen molar-refractivity contribution in [3.63, 3.8) is 0 Å². The molecule has 1 aromatic heterocycles. The van der Waals surface area contributed by atoms with Gasteiger partial charge < -0.3 is 15.4 Å². The van der Waals surface area contributed by atoms with Gasteiger partial charge in [0.1, 0.15) is 0 Å². The Morgan fingerprint density at radius 1 is 1.50 bits per heavy atom. The predicted molar refractivity (Wildman–Crippen MR) is 69.9 cm³/mol. The zero-order chi connectivity index (χ0) is 14.2. The first-order chi connectivity index (χ1) is 9.58. The Labute approximate surface area is 116 Å². The van der Waals surface area contributed by atoms with Crippen molar-refractivity contribution in [2.75, 3.05) is 0 Å². The van der Waals surface area contributed by atoms with Gasteiger partial charge in [0, 0.05) is 13.0 Å². The number of fused-ring (bicyclic) bond motifs is 1. The molecule has 4 N–H and O–H groups in total. The summed E-state index contributed by atoms with van der Waals surface area (Å²) in [5, 5.41) is 15.0. The van der Waals surface area contributed by atoms with Crippen LogP contribution in [-0.4, -0.2) is 38.5 Å². The van der Waals surface area contributed by atoms with E-state index in [1.54, 1.807) is 6.33 Å². The molecule has 3 rings (SSSR count). The number of carboxylic acids is 1. The lowest BCUT2D eigenvalue weighted by Gasteiger charge is -2.42. The number of H-pyrrole nitrogens is 1. The van der Waals surface area contributed by atoms with Gasteiger partial charge in [-0.25, -0.2) is 4.98 Å². The van der Waals surface area contributed by atoms with E-state index in [0.29, 0.717) is 13.0 Å². The number of aromatic nitrogens is 2. The molecule has 1 aliphatic carbocycles. The number of imidazole rings is 1. The summed E-state index contributed by atoms with van der Waals surface area (Å²) < 4.78 is 0. The van der Waals surface area contributed by atoms with E-state index >= 15 is 0 Å². The molecule has 1 saturated carbocycles. The molecule has 20 heavy (non-hydrogen) atoms. The van der Waals surface area contributed by atoms with Gasteiger partial charge in [-0.2, -0.15) is 0 Å². The van der Waals surface area contributed by atoms with Gasteiger partial charge in [0.05, 0.1) is 35.7 Å². The van der Waals surface area contributed by atoms with E-state index < -0.39 is 11.5 Å². The molecule has 2 heterocycles. The number of amides is 1. The first-order valence-corrected chi connectivity index (χ1v) is 6.86. The first-order valence-electron chi connectivity index (χ1n) is 6.86. The highest BCUT2D eigenvalue weighted by atomic mass is 16.4. The van der Waals surface area contributed by atoms with Crippen molar-refractivity contribution in [3.8, 4) is 0 Å². The van der Waals surface area contributed by atoms with E-state index in [0.717, 1.165) is 30.7 Å². The molecule has 1 fully saturated rings. The maximum Gasteiger partial charge on any atom is 0.305 e. The van der Waals surface area contributed by atoms with Gasteiger partial charge >= 0.3 is 5.97 Å². The Kier molecular flexibility index (Phi) is 3.21. The first kappa shape index (κ1) is 13.1. The van der Waals surface area contributed by atoms with E-state index in [2.05, 4.69) is 20.6 Å². The number of aliphatic carboxylic acids is 1. The third-order valence-corrected chi connectivity index (χ3v) is 4.24. The predicted octanol–water partition coefficient (Wildman–Crippen LogP) is -0.0624. The number of aromatic amines is 1. The largest absolute Gasteiger partial charge is 0.481 e. The molecule has 7 nitrogen and oxygen atoms in total. The molecular formula is C13H18N4O3. The second-order valence-electron chi connectivity index (χ2n) is 5.66. The van der Waals surface area contributed by atoms with Gasteiger partial charge in [-0.15, -0.1) is 0 Å². The van der Waals surface area contributed by atoms with Gasteiger partial charge in [0.15, 0.2) is 0 Å². The molecule has 1 atom stereocenters. The summed E-state index contributed by atoms with van der Waals surface area (Å²) in [7, 11) is 0. The maximum atomic E-state index is 12.3. The van der Waals surface area contributed by atoms with Crippen LogP contribution in [0.5, 0.6) is 0 Å². The quantitative estimate of drug-likeness (QED) is 0.617. The van der Waals surface area contributed by atoms with E-state index in [-0.39, 0.29) is 18.4 Å². The average molecular weight is 278 g/mol. The minimum Gasteiger partial charge on any atom is -0.481 e. The summed E-state index contributed by atoms with van der Waals surface area (Å²) in [5.74, 6) is -0.990. The lowest BCUT2D eigenvalue weighted by molar-refractivity contribution is -0.140. The average Bonchev–Trinajstić information content (AvgIpc) is 2.82. The molecule has 0 bridgehead atoms. The van der Waals surface area contributed by atoms with Crippen LogP contribution in [0.1, 0.15) is 37.1 Å². The van der Waals surface area contributed by atoms with Crippen LogP contribution in [0.25, 0.3) is 0 Å². The third-order valence-electron chi connectivity index (χ3n) is 4.24. The fourth-order valence-electron chi connectivity index (χ4n) is 2.94. The van der Waals surface area contributed by atoms with Crippen LogP contribution in [-0.2, 0) is 22.6 Å². The highest BCUT2D eigenvalue weighted by Gasteiger charge is 2.41. The van der Waals surface area contributed by atoms with Crippen LogP contribution in [0.4, 0.5) is 0 Å². The van der Waals surface area contributed by atoms with Crippen molar-refractivity contribution in [1.82, 2.24) is 20.6 Å². The second-order valence-corrected chi connectivity index (χ2v) is 5.66. The lowest BCUT2D eigenvalue weighted by atomic mass is 9.74. The summed E-state index contributed by atoms with van der Waals surface area (Å²) in [6, 6.07) is -0.336. The lowest BCUT2D eigenvalue weighted by Crippen LogP contribution is -2.59. The van der Waals surface area contributed by atoms with Gasteiger partial charge in [-0.3, -0.25) is 14.9 Å². The van der Waals surface area contributed by atoms with Crippen molar-refractivity contribution in [1.29, 1.82) is 0 Å². The van der Waals surface area contributed by atoms with E-state index in [1.807, 2.05) is 0 Å². The van der Waals surface area contributed by atoms with Crippen LogP contribution >= 0.6 is 0 Å². The van der Waals surface area contributed by atoms with Crippen molar-refractivity contribution >= 4 is 11.9 Å². The number of hydrogen-bond acceptors (Lipinski definition) is 4. The van der Waals surface area contributed by atoms with Gasteiger partial charge in [0.25, 0.3) is 0 Å². The van der Waals surface area contributed by atoms with Crippen LogP contribution in [0.2, 0.25) is 0 Å². The Bertz CT molecular complexity index is 535. The van der Waals surface area contributed by atoms with Crippen LogP contribution < -0.4 is 10.6 Å². The molecule has 108 valence electrons. The van der Waals surface area contributed by atoms with Crippen molar-refractivity contribution in [2.45, 2.75) is 50.2 Å². The summed E-state index contributed by atoms with van der Waals surface area (Å²) in [5.41, 5.74) is 1.37. The topological polar surface area (TPSA) is 107 Å². The van der Waals surface area contributed by atoms with E-state index in [1.165, 1.54) is 0 Å². The fourth-order valence-corrected chi connectivity index (χ4v) is 2.94. The SMILES string of the molecule is O=C(O)CC1(NC(=O)C2Cc3nc[nH]c3CN2)CCC1. The second kappa shape index (κ2) is 4.90. The summed E-state index contributed by atoms with van der Waals surface area (Å²) in [6.45, 7) is 0.583. The normalized spacial score (nSPS) is 23.5. The standard InChI is InChI=1S/C13H18N4O3/c18-11(19)5-13(2-1-3-13)17-12(20)9-4-8-10(6-14-9)16-7-15-8/h7,9,14H,1-6H2,(H,15,16)(H,17,20)(H,18,19). The Balaban J connectivity index is 1.64. The van der Waals surface area contributed by atoms with Crippen molar-refractivity contribution < 1.29 is 14.7 Å². The number of nitrogens with one attached hydrogen (secondary N) is 3. The number of carboxylic acid groups (broad SMARTS) is 1. The smallest absolute Gasteiger partial charge is 0.305 e. The molecule has 0 radical (unpaired) electrons. The zero-order valence-electron chi connectivity index (χ0n) is 11.1. The molecular weight excluding hydrogens is 260 g/mol. The number of hydrogen-bond donors (Lipinski definition) is 4. The highest BCUT2D eigenvalue weighted by molar-refractivity contribution is 5.84. The minimum absolute atomic E-state index is 0.000878. The molecule has 0 saturated heterocycles. The highest BCUT2D eigenvalue weighted by Crippen LogP contribution is 2.35. The molecule has 1 aromatic rings. The van der Waals surface area contributed by atoms with Gasteiger partial charge in [-0.05, 0) is 19.3 Å². The monoisotopic (exact) mass is 278 g/mol. The van der Waals surface area contributed by atoms with Crippen molar-refractivity contribution in [2.24, 2.45) is 0 Å².